The van der Waals surface area contributed by atoms with Gasteiger partial charge in [-0.25, -0.2) is 0 Å². The molecule has 0 atom stereocenters. The molecule has 0 aliphatic rings. The molecule has 0 bridgehead atoms. The van der Waals surface area contributed by atoms with Crippen molar-refractivity contribution in [2.24, 2.45) is 0 Å². The maximum atomic E-state index is 9.01. The van der Waals surface area contributed by atoms with Crippen molar-refractivity contribution in [3.8, 4) is 11.8 Å². The van der Waals surface area contributed by atoms with Crippen LogP contribution in [0.25, 0.3) is 0 Å². The molecular weight excluding hydrogens is 234 g/mol. The van der Waals surface area contributed by atoms with Crippen molar-refractivity contribution >= 4 is 0 Å². The minimum atomic E-state index is 0.602. The first-order valence-electron chi connectivity index (χ1n) is 6.47. The highest BCUT2D eigenvalue weighted by atomic mass is 16.5. The Morgan fingerprint density at radius 2 is 1.89 bits per heavy atom. The van der Waals surface area contributed by atoms with Gasteiger partial charge in [0.05, 0.1) is 12.2 Å². The van der Waals surface area contributed by atoms with Gasteiger partial charge >= 0.3 is 0 Å². The van der Waals surface area contributed by atoms with E-state index in [-0.39, 0.29) is 0 Å². The molecule has 0 saturated carbocycles. The number of nitrogens with zero attached hydrogens (tertiary/aromatic N) is 1. The van der Waals surface area contributed by atoms with Gasteiger partial charge in [0.2, 0.25) is 0 Å². The summed E-state index contributed by atoms with van der Waals surface area (Å²) >= 11 is 0. The summed E-state index contributed by atoms with van der Waals surface area (Å²) in [6.45, 7) is 2.63. The fourth-order valence-corrected chi connectivity index (χ4v) is 1.94. The molecule has 96 valence electrons. The second kappa shape index (κ2) is 6.61. The lowest BCUT2D eigenvalue weighted by Gasteiger charge is -2.08. The summed E-state index contributed by atoms with van der Waals surface area (Å²) in [6.07, 6.45) is 1.94. The zero-order valence-corrected chi connectivity index (χ0v) is 11.1. The number of nitriles is 1. The molecule has 2 heteroatoms. The van der Waals surface area contributed by atoms with Crippen molar-refractivity contribution in [1.82, 2.24) is 0 Å². The van der Waals surface area contributed by atoms with Gasteiger partial charge in [-0.05, 0) is 43.0 Å². The molecule has 0 heterocycles. The molecule has 0 aromatic heterocycles. The number of hydrogen-bond donors (Lipinski definition) is 0. The summed E-state index contributed by atoms with van der Waals surface area (Å²) in [5.74, 6) is 0.690. The van der Waals surface area contributed by atoms with Crippen LogP contribution in [0.4, 0.5) is 0 Å². The Labute approximate surface area is 114 Å². The lowest BCUT2D eigenvalue weighted by molar-refractivity contribution is 0.310. The highest BCUT2D eigenvalue weighted by Crippen LogP contribution is 2.19. The highest BCUT2D eigenvalue weighted by Gasteiger charge is 2.03. The van der Waals surface area contributed by atoms with E-state index in [1.54, 1.807) is 0 Å². The van der Waals surface area contributed by atoms with Gasteiger partial charge in [-0.1, -0.05) is 36.4 Å². The maximum Gasteiger partial charge on any atom is 0.137 e. The van der Waals surface area contributed by atoms with E-state index in [0.717, 1.165) is 18.4 Å². The topological polar surface area (TPSA) is 33.0 Å². The van der Waals surface area contributed by atoms with Crippen molar-refractivity contribution in [3.05, 3.63) is 65.2 Å². The SMILES string of the molecule is Cc1ccc(C#N)c(OCCCc2ccccc2)c1. The van der Waals surface area contributed by atoms with Gasteiger partial charge in [0.25, 0.3) is 0 Å². The fourth-order valence-electron chi connectivity index (χ4n) is 1.94. The molecule has 2 aromatic carbocycles. The van der Waals surface area contributed by atoms with Crippen molar-refractivity contribution in [1.29, 1.82) is 5.26 Å². The Balaban J connectivity index is 1.86. The van der Waals surface area contributed by atoms with Crippen molar-refractivity contribution in [2.75, 3.05) is 6.61 Å². The van der Waals surface area contributed by atoms with Gasteiger partial charge in [0, 0.05) is 0 Å². The summed E-state index contributed by atoms with van der Waals surface area (Å²) in [5, 5.41) is 9.01. The van der Waals surface area contributed by atoms with E-state index >= 15 is 0 Å². The minimum Gasteiger partial charge on any atom is -0.492 e. The highest BCUT2D eigenvalue weighted by molar-refractivity contribution is 5.44. The Hall–Kier alpha value is -2.27. The Morgan fingerprint density at radius 3 is 2.63 bits per heavy atom. The number of benzene rings is 2. The van der Waals surface area contributed by atoms with Crippen LogP contribution in [0, 0.1) is 18.3 Å². The van der Waals surface area contributed by atoms with Crippen LogP contribution in [0.15, 0.2) is 48.5 Å². The molecule has 0 spiro atoms. The largest absolute Gasteiger partial charge is 0.492 e. The zero-order chi connectivity index (χ0) is 13.5. The molecule has 2 nitrogen and oxygen atoms in total. The van der Waals surface area contributed by atoms with Crippen LogP contribution in [0.1, 0.15) is 23.1 Å². The fraction of sp³-hybridized carbons (Fsp3) is 0.235. The molecule has 0 unspecified atom stereocenters. The summed E-state index contributed by atoms with van der Waals surface area (Å²) < 4.78 is 5.71. The lowest BCUT2D eigenvalue weighted by atomic mass is 10.1. The molecule has 0 N–H and O–H groups in total. The minimum absolute atomic E-state index is 0.602. The van der Waals surface area contributed by atoms with E-state index in [4.69, 9.17) is 10.00 Å². The van der Waals surface area contributed by atoms with Gasteiger partial charge < -0.3 is 4.74 Å². The predicted molar refractivity (Wildman–Crippen MR) is 76.2 cm³/mol. The van der Waals surface area contributed by atoms with Crippen LogP contribution in [0.3, 0.4) is 0 Å². The summed E-state index contributed by atoms with van der Waals surface area (Å²) in [6, 6.07) is 18.2. The van der Waals surface area contributed by atoms with Crippen LogP contribution in [-0.2, 0) is 6.42 Å². The average molecular weight is 251 g/mol. The quantitative estimate of drug-likeness (QED) is 0.755. The standard InChI is InChI=1S/C17H17NO/c1-14-9-10-16(13-18)17(12-14)19-11-5-8-15-6-3-2-4-7-15/h2-4,6-7,9-10,12H,5,8,11H2,1H3. The number of hydrogen-bond acceptors (Lipinski definition) is 2. The normalized spacial score (nSPS) is 9.89. The predicted octanol–water partition coefficient (Wildman–Crippen LogP) is 3.88. The van der Waals surface area contributed by atoms with Crippen LogP contribution >= 0.6 is 0 Å². The van der Waals surface area contributed by atoms with Gasteiger partial charge in [0.1, 0.15) is 11.8 Å². The smallest absolute Gasteiger partial charge is 0.137 e. The number of ether oxygens (including phenoxy) is 1. The Morgan fingerprint density at radius 1 is 1.11 bits per heavy atom. The van der Waals surface area contributed by atoms with Crippen LogP contribution < -0.4 is 4.74 Å². The molecule has 0 amide bonds. The monoisotopic (exact) mass is 251 g/mol. The van der Waals surface area contributed by atoms with E-state index in [1.165, 1.54) is 5.56 Å². The van der Waals surface area contributed by atoms with E-state index < -0.39 is 0 Å². The maximum absolute atomic E-state index is 9.01. The first kappa shape index (κ1) is 13.2. The van der Waals surface area contributed by atoms with E-state index in [9.17, 15) is 0 Å². The third-order valence-corrected chi connectivity index (χ3v) is 2.97. The first-order valence-corrected chi connectivity index (χ1v) is 6.47. The third kappa shape index (κ3) is 3.86. The molecular formula is C17H17NO. The van der Waals surface area contributed by atoms with E-state index in [0.29, 0.717) is 17.9 Å². The molecule has 2 aromatic rings. The van der Waals surface area contributed by atoms with Crippen LogP contribution in [0.2, 0.25) is 0 Å². The molecule has 0 aliphatic carbocycles. The van der Waals surface area contributed by atoms with Gasteiger partial charge in [0.15, 0.2) is 0 Å². The lowest BCUT2D eigenvalue weighted by Crippen LogP contribution is -2.01. The van der Waals surface area contributed by atoms with Crippen LogP contribution in [0.5, 0.6) is 5.75 Å². The molecule has 0 saturated heterocycles. The van der Waals surface area contributed by atoms with Gasteiger partial charge in [-0.3, -0.25) is 0 Å². The van der Waals surface area contributed by atoms with Crippen molar-refractivity contribution < 1.29 is 4.74 Å². The number of rotatable bonds is 5. The van der Waals surface area contributed by atoms with Crippen molar-refractivity contribution in [2.45, 2.75) is 19.8 Å². The van der Waals surface area contributed by atoms with E-state index in [2.05, 4.69) is 18.2 Å². The second-order valence-corrected chi connectivity index (χ2v) is 4.55. The van der Waals surface area contributed by atoms with Crippen molar-refractivity contribution in [3.63, 3.8) is 0 Å². The number of aryl methyl sites for hydroxylation is 2. The molecule has 0 fully saturated rings. The second-order valence-electron chi connectivity index (χ2n) is 4.55. The molecule has 0 aliphatic heterocycles. The molecule has 0 radical (unpaired) electrons. The molecule has 19 heavy (non-hydrogen) atoms. The van der Waals surface area contributed by atoms with Gasteiger partial charge in [-0.15, -0.1) is 0 Å². The Bertz CT molecular complexity index is 570. The summed E-state index contributed by atoms with van der Waals surface area (Å²) in [5.41, 5.74) is 3.03. The van der Waals surface area contributed by atoms with Gasteiger partial charge in [-0.2, -0.15) is 5.26 Å². The summed E-state index contributed by atoms with van der Waals surface area (Å²) in [7, 11) is 0. The van der Waals surface area contributed by atoms with Crippen LogP contribution in [-0.4, -0.2) is 6.61 Å². The Kier molecular flexibility index (Phi) is 4.58. The zero-order valence-electron chi connectivity index (χ0n) is 11.1. The average Bonchev–Trinajstić information content (AvgIpc) is 2.45. The molecule has 2 rings (SSSR count). The summed E-state index contributed by atoms with van der Waals surface area (Å²) in [4.78, 5) is 0. The first-order chi connectivity index (χ1) is 9.29. The third-order valence-electron chi connectivity index (χ3n) is 2.97. The van der Waals surface area contributed by atoms with E-state index in [1.807, 2.05) is 43.3 Å².